The number of rotatable bonds is 2. The van der Waals surface area contributed by atoms with Gasteiger partial charge in [0.15, 0.2) is 0 Å². The zero-order valence-electron chi connectivity index (χ0n) is 10.2. The number of carboxylic acid groups (broad SMARTS) is 1. The molecule has 1 aromatic carbocycles. The normalized spacial score (nSPS) is 21.9. The number of nitrogens with zero attached hydrogens (tertiary/aromatic N) is 1. The zero-order chi connectivity index (χ0) is 14.9. The number of hydrogen-bond acceptors (Lipinski definition) is 3. The fraction of sp³-hybridized carbons (Fsp3) is 0.333. The van der Waals surface area contributed by atoms with Crippen LogP contribution in [0.4, 0.5) is 10.5 Å². The number of urea groups is 1. The number of carboxylic acids is 1. The number of hydrogen-bond donors (Lipinski definition) is 3. The van der Waals surface area contributed by atoms with E-state index in [1.54, 1.807) is 18.2 Å². The molecule has 1 aromatic rings. The topological polar surface area (TPSA) is 89.9 Å². The number of likely N-dealkylation sites (tertiary alicyclic amines) is 1. The molecule has 6 nitrogen and oxygen atoms in total. The Hall–Kier alpha value is -1.31. The number of aliphatic hydroxyl groups is 1. The summed E-state index contributed by atoms with van der Waals surface area (Å²) >= 11 is 9.16. The van der Waals surface area contributed by atoms with Crippen molar-refractivity contribution in [2.24, 2.45) is 0 Å². The summed E-state index contributed by atoms with van der Waals surface area (Å²) in [5.41, 5.74) is 0.438. The van der Waals surface area contributed by atoms with E-state index in [1.807, 2.05) is 0 Å². The van der Waals surface area contributed by atoms with Crippen LogP contribution in [-0.4, -0.2) is 45.8 Å². The Morgan fingerprint density at radius 1 is 1.45 bits per heavy atom. The molecule has 2 atom stereocenters. The maximum absolute atomic E-state index is 12.1. The second kappa shape index (κ2) is 5.99. The van der Waals surface area contributed by atoms with Crippen LogP contribution in [0.5, 0.6) is 0 Å². The molecule has 8 heteroatoms. The van der Waals surface area contributed by atoms with Crippen LogP contribution in [0.15, 0.2) is 22.7 Å². The van der Waals surface area contributed by atoms with Gasteiger partial charge < -0.3 is 20.4 Å². The lowest BCUT2D eigenvalue weighted by atomic mass is 10.2. The predicted octanol–water partition coefficient (Wildman–Crippen LogP) is 2.15. The van der Waals surface area contributed by atoms with Gasteiger partial charge in [0.2, 0.25) is 0 Å². The standard InChI is InChI=1S/C12H12BrClN2O4/c13-10-7(14)2-1-3-8(10)15-12(20)16-5-6(17)4-9(16)11(18)19/h1-3,6,9,17H,4-5H2,(H,15,20)(H,18,19)/t6-,9-/m0/s1. The monoisotopic (exact) mass is 362 g/mol. The van der Waals surface area contributed by atoms with Crippen LogP contribution < -0.4 is 5.32 Å². The van der Waals surface area contributed by atoms with Crippen molar-refractivity contribution < 1.29 is 19.8 Å². The molecule has 0 aliphatic carbocycles. The Kier molecular flexibility index (Phi) is 4.52. The van der Waals surface area contributed by atoms with Crippen LogP contribution in [0, 0.1) is 0 Å². The minimum atomic E-state index is -1.14. The molecule has 1 heterocycles. The summed E-state index contributed by atoms with van der Waals surface area (Å²) in [7, 11) is 0. The molecule has 20 heavy (non-hydrogen) atoms. The number of amides is 2. The van der Waals surface area contributed by atoms with Crippen LogP contribution >= 0.6 is 27.5 Å². The molecule has 3 N–H and O–H groups in total. The fourth-order valence-corrected chi connectivity index (χ4v) is 2.60. The number of aliphatic hydroxyl groups excluding tert-OH is 1. The van der Waals surface area contributed by atoms with Crippen molar-refractivity contribution in [3.8, 4) is 0 Å². The second-order valence-electron chi connectivity index (χ2n) is 4.43. The van der Waals surface area contributed by atoms with E-state index in [9.17, 15) is 14.7 Å². The highest BCUT2D eigenvalue weighted by Crippen LogP contribution is 2.30. The highest BCUT2D eigenvalue weighted by Gasteiger charge is 2.39. The summed E-state index contributed by atoms with van der Waals surface area (Å²) in [4.78, 5) is 24.3. The van der Waals surface area contributed by atoms with Gasteiger partial charge >= 0.3 is 12.0 Å². The van der Waals surface area contributed by atoms with E-state index < -0.39 is 24.1 Å². The first kappa shape index (κ1) is 15.1. The number of nitrogens with one attached hydrogen (secondary N) is 1. The highest BCUT2D eigenvalue weighted by molar-refractivity contribution is 9.10. The smallest absolute Gasteiger partial charge is 0.326 e. The van der Waals surface area contributed by atoms with Crippen molar-refractivity contribution in [1.82, 2.24) is 4.90 Å². The molecule has 0 bridgehead atoms. The van der Waals surface area contributed by atoms with E-state index in [-0.39, 0.29) is 13.0 Å². The Morgan fingerprint density at radius 3 is 2.80 bits per heavy atom. The van der Waals surface area contributed by atoms with E-state index in [0.717, 1.165) is 4.90 Å². The van der Waals surface area contributed by atoms with E-state index >= 15 is 0 Å². The van der Waals surface area contributed by atoms with Gasteiger partial charge in [-0.15, -0.1) is 0 Å². The predicted molar refractivity (Wildman–Crippen MR) is 76.9 cm³/mol. The average Bonchev–Trinajstić information content (AvgIpc) is 2.77. The fourth-order valence-electron chi connectivity index (χ4n) is 2.06. The molecule has 0 aromatic heterocycles. The summed E-state index contributed by atoms with van der Waals surface area (Å²) in [5.74, 6) is -1.14. The number of halogens is 2. The van der Waals surface area contributed by atoms with Crippen molar-refractivity contribution in [2.45, 2.75) is 18.6 Å². The van der Waals surface area contributed by atoms with Gasteiger partial charge in [0.1, 0.15) is 6.04 Å². The lowest BCUT2D eigenvalue weighted by molar-refractivity contribution is -0.141. The first-order valence-corrected chi connectivity index (χ1v) is 6.99. The molecule has 108 valence electrons. The van der Waals surface area contributed by atoms with E-state index in [0.29, 0.717) is 15.2 Å². The summed E-state index contributed by atoms with van der Waals surface area (Å²) < 4.78 is 0.515. The van der Waals surface area contributed by atoms with Crippen molar-refractivity contribution in [3.05, 3.63) is 27.7 Å². The molecular weight excluding hydrogens is 351 g/mol. The Bertz CT molecular complexity index is 554. The number of carbonyl (C=O) groups excluding carboxylic acids is 1. The van der Waals surface area contributed by atoms with Gasteiger partial charge in [0.05, 0.1) is 21.3 Å². The Morgan fingerprint density at radius 2 is 2.15 bits per heavy atom. The largest absolute Gasteiger partial charge is 0.480 e. The maximum atomic E-state index is 12.1. The quantitative estimate of drug-likeness (QED) is 0.751. The molecular formula is C12H12BrClN2O4. The number of benzene rings is 1. The summed E-state index contributed by atoms with van der Waals surface area (Å²) in [6.45, 7) is -0.0129. The van der Waals surface area contributed by atoms with Crippen LogP contribution in [0.1, 0.15) is 6.42 Å². The van der Waals surface area contributed by atoms with Gasteiger partial charge in [-0.25, -0.2) is 9.59 Å². The van der Waals surface area contributed by atoms with Crippen molar-refractivity contribution in [2.75, 3.05) is 11.9 Å². The number of carbonyl (C=O) groups is 2. The minimum absolute atomic E-state index is 0.0129. The van der Waals surface area contributed by atoms with Crippen molar-refractivity contribution in [1.29, 1.82) is 0 Å². The Balaban J connectivity index is 2.15. The van der Waals surface area contributed by atoms with Crippen molar-refractivity contribution in [3.63, 3.8) is 0 Å². The van der Waals surface area contributed by atoms with Crippen LogP contribution in [0.3, 0.4) is 0 Å². The van der Waals surface area contributed by atoms with Crippen LogP contribution in [0.2, 0.25) is 5.02 Å². The first-order valence-electron chi connectivity index (χ1n) is 5.82. The van der Waals surface area contributed by atoms with Crippen molar-refractivity contribution >= 4 is 45.2 Å². The number of aliphatic carboxylic acids is 1. The molecule has 1 aliphatic rings. The van der Waals surface area contributed by atoms with E-state index in [2.05, 4.69) is 21.2 Å². The maximum Gasteiger partial charge on any atom is 0.326 e. The summed E-state index contributed by atoms with van der Waals surface area (Å²) in [6.07, 6.45) is -0.802. The zero-order valence-corrected chi connectivity index (χ0v) is 12.6. The lowest BCUT2D eigenvalue weighted by Gasteiger charge is -2.22. The lowest BCUT2D eigenvalue weighted by Crippen LogP contribution is -2.43. The van der Waals surface area contributed by atoms with Gasteiger partial charge in [-0.2, -0.15) is 0 Å². The van der Waals surface area contributed by atoms with Gasteiger partial charge in [-0.1, -0.05) is 17.7 Å². The molecule has 0 unspecified atom stereocenters. The minimum Gasteiger partial charge on any atom is -0.480 e. The highest BCUT2D eigenvalue weighted by atomic mass is 79.9. The third-order valence-corrected chi connectivity index (χ3v) is 4.42. The van der Waals surface area contributed by atoms with Gasteiger partial charge in [0.25, 0.3) is 0 Å². The van der Waals surface area contributed by atoms with E-state index in [1.165, 1.54) is 0 Å². The summed E-state index contributed by atoms with van der Waals surface area (Å²) in [6, 6.07) is 3.34. The third-order valence-electron chi connectivity index (χ3n) is 3.02. The molecule has 0 spiro atoms. The van der Waals surface area contributed by atoms with Crippen LogP contribution in [-0.2, 0) is 4.79 Å². The molecule has 2 rings (SSSR count). The SMILES string of the molecule is O=C(O)[C@@H]1C[C@H](O)CN1C(=O)Nc1cccc(Cl)c1Br. The number of β-amino-alcohol motifs (C(OH)–C–C–N with tert-alkyl or cyclic N) is 1. The first-order chi connectivity index (χ1) is 9.40. The average molecular weight is 364 g/mol. The second-order valence-corrected chi connectivity index (χ2v) is 5.63. The molecule has 0 saturated carbocycles. The molecule has 0 radical (unpaired) electrons. The third kappa shape index (κ3) is 3.05. The molecule has 1 saturated heterocycles. The molecule has 2 amide bonds. The van der Waals surface area contributed by atoms with E-state index in [4.69, 9.17) is 16.7 Å². The van der Waals surface area contributed by atoms with Crippen LogP contribution in [0.25, 0.3) is 0 Å². The number of anilines is 1. The Labute approximate surface area is 128 Å². The molecule has 1 fully saturated rings. The summed E-state index contributed by atoms with van der Waals surface area (Å²) in [5, 5.41) is 21.6. The van der Waals surface area contributed by atoms with Gasteiger partial charge in [-0.3, -0.25) is 0 Å². The van der Waals surface area contributed by atoms with Gasteiger partial charge in [-0.05, 0) is 28.1 Å². The van der Waals surface area contributed by atoms with Gasteiger partial charge in [0, 0.05) is 13.0 Å². The molecule has 1 aliphatic heterocycles.